The van der Waals surface area contributed by atoms with Crippen LogP contribution in [0.3, 0.4) is 0 Å². The third-order valence-electron chi connectivity index (χ3n) is 3.59. The Balaban J connectivity index is 1.86. The standard InChI is InChI=1S/C19H19BrN2O/c1-14(2)19-12-17(13-23-18-10-8-15(20)9-11-18)22(21-19)16-6-4-3-5-7-16/h3-12,14H,13H2,1-2H3. The summed E-state index contributed by atoms with van der Waals surface area (Å²) in [5, 5.41) is 4.74. The van der Waals surface area contributed by atoms with Crippen LogP contribution in [-0.4, -0.2) is 9.78 Å². The summed E-state index contributed by atoms with van der Waals surface area (Å²) >= 11 is 3.43. The zero-order chi connectivity index (χ0) is 16.2. The Morgan fingerprint density at radius 1 is 1.04 bits per heavy atom. The van der Waals surface area contributed by atoms with Crippen molar-refractivity contribution in [1.82, 2.24) is 9.78 Å². The molecule has 2 aromatic carbocycles. The molecule has 1 heterocycles. The van der Waals surface area contributed by atoms with E-state index in [4.69, 9.17) is 9.84 Å². The van der Waals surface area contributed by atoms with Gasteiger partial charge in [0, 0.05) is 4.47 Å². The number of ether oxygens (including phenoxy) is 1. The molecule has 0 saturated carbocycles. The highest BCUT2D eigenvalue weighted by atomic mass is 79.9. The molecule has 118 valence electrons. The molecule has 0 unspecified atom stereocenters. The highest BCUT2D eigenvalue weighted by molar-refractivity contribution is 9.10. The van der Waals surface area contributed by atoms with Crippen LogP contribution in [-0.2, 0) is 6.61 Å². The first-order chi connectivity index (χ1) is 11.1. The number of rotatable bonds is 5. The lowest BCUT2D eigenvalue weighted by Gasteiger charge is -2.09. The first-order valence-corrected chi connectivity index (χ1v) is 8.45. The van der Waals surface area contributed by atoms with Gasteiger partial charge in [-0.3, -0.25) is 0 Å². The van der Waals surface area contributed by atoms with Gasteiger partial charge >= 0.3 is 0 Å². The van der Waals surface area contributed by atoms with Crippen molar-refractivity contribution in [2.45, 2.75) is 26.4 Å². The Kier molecular flexibility index (Phi) is 4.82. The minimum atomic E-state index is 0.381. The van der Waals surface area contributed by atoms with Crippen LogP contribution >= 0.6 is 15.9 Å². The Morgan fingerprint density at radius 3 is 2.39 bits per heavy atom. The van der Waals surface area contributed by atoms with E-state index in [0.717, 1.165) is 27.3 Å². The molecular formula is C19H19BrN2O. The van der Waals surface area contributed by atoms with Gasteiger partial charge in [0.2, 0.25) is 0 Å². The highest BCUT2D eigenvalue weighted by Crippen LogP contribution is 2.21. The van der Waals surface area contributed by atoms with Gasteiger partial charge in [-0.2, -0.15) is 5.10 Å². The Labute approximate surface area is 145 Å². The van der Waals surface area contributed by atoms with Crippen molar-refractivity contribution >= 4 is 15.9 Å². The molecule has 0 aliphatic carbocycles. The van der Waals surface area contributed by atoms with Crippen LogP contribution in [0.15, 0.2) is 65.1 Å². The maximum atomic E-state index is 5.92. The van der Waals surface area contributed by atoms with Gasteiger partial charge in [0.1, 0.15) is 12.4 Å². The van der Waals surface area contributed by atoms with Gasteiger partial charge in [0.05, 0.1) is 17.1 Å². The summed E-state index contributed by atoms with van der Waals surface area (Å²) in [4.78, 5) is 0. The Morgan fingerprint density at radius 2 is 1.74 bits per heavy atom. The summed E-state index contributed by atoms with van der Waals surface area (Å²) in [7, 11) is 0. The summed E-state index contributed by atoms with van der Waals surface area (Å²) in [6, 6.07) is 20.1. The van der Waals surface area contributed by atoms with E-state index in [0.29, 0.717) is 12.5 Å². The predicted octanol–water partition coefficient (Wildman–Crippen LogP) is 5.34. The van der Waals surface area contributed by atoms with E-state index in [9.17, 15) is 0 Å². The molecule has 0 aliphatic heterocycles. The van der Waals surface area contributed by atoms with E-state index >= 15 is 0 Å². The monoisotopic (exact) mass is 370 g/mol. The van der Waals surface area contributed by atoms with E-state index in [1.807, 2.05) is 47.1 Å². The molecule has 0 radical (unpaired) electrons. The van der Waals surface area contributed by atoms with E-state index in [-0.39, 0.29) is 0 Å². The van der Waals surface area contributed by atoms with Crippen molar-refractivity contribution in [1.29, 1.82) is 0 Å². The molecular weight excluding hydrogens is 352 g/mol. The minimum Gasteiger partial charge on any atom is -0.487 e. The maximum absolute atomic E-state index is 5.92. The molecule has 0 fully saturated rings. The van der Waals surface area contributed by atoms with Crippen LogP contribution in [0, 0.1) is 0 Å². The minimum absolute atomic E-state index is 0.381. The van der Waals surface area contributed by atoms with Crippen molar-refractivity contribution in [2.75, 3.05) is 0 Å². The van der Waals surface area contributed by atoms with E-state index in [2.05, 4.69) is 48.0 Å². The molecule has 0 spiro atoms. The molecule has 23 heavy (non-hydrogen) atoms. The second kappa shape index (κ2) is 7.01. The lowest BCUT2D eigenvalue weighted by Crippen LogP contribution is -2.05. The average molecular weight is 371 g/mol. The van der Waals surface area contributed by atoms with Crippen LogP contribution in [0.5, 0.6) is 5.75 Å². The van der Waals surface area contributed by atoms with Crippen LogP contribution < -0.4 is 4.74 Å². The molecule has 0 atom stereocenters. The SMILES string of the molecule is CC(C)c1cc(COc2ccc(Br)cc2)n(-c2ccccc2)n1. The van der Waals surface area contributed by atoms with Gasteiger partial charge in [-0.15, -0.1) is 0 Å². The van der Waals surface area contributed by atoms with Crippen molar-refractivity contribution in [2.24, 2.45) is 0 Å². The zero-order valence-corrected chi connectivity index (χ0v) is 14.8. The second-order valence-electron chi connectivity index (χ2n) is 5.71. The number of hydrogen-bond acceptors (Lipinski definition) is 2. The maximum Gasteiger partial charge on any atom is 0.130 e. The van der Waals surface area contributed by atoms with Crippen LogP contribution in [0.25, 0.3) is 5.69 Å². The Hall–Kier alpha value is -2.07. The first-order valence-electron chi connectivity index (χ1n) is 7.66. The number of para-hydroxylation sites is 1. The fraction of sp³-hybridized carbons (Fsp3) is 0.211. The molecule has 0 saturated heterocycles. The number of aromatic nitrogens is 2. The molecule has 3 aromatic rings. The number of halogens is 1. The number of hydrogen-bond donors (Lipinski definition) is 0. The van der Waals surface area contributed by atoms with Crippen LogP contribution in [0.2, 0.25) is 0 Å². The molecule has 3 rings (SSSR count). The van der Waals surface area contributed by atoms with Crippen molar-refractivity contribution in [3.8, 4) is 11.4 Å². The summed E-state index contributed by atoms with van der Waals surface area (Å²) in [6.45, 7) is 4.78. The predicted molar refractivity (Wildman–Crippen MR) is 96.1 cm³/mol. The zero-order valence-electron chi connectivity index (χ0n) is 13.2. The fourth-order valence-electron chi connectivity index (χ4n) is 2.31. The second-order valence-corrected chi connectivity index (χ2v) is 6.62. The van der Waals surface area contributed by atoms with E-state index in [1.165, 1.54) is 0 Å². The van der Waals surface area contributed by atoms with Crippen molar-refractivity contribution in [3.05, 3.63) is 76.5 Å². The molecule has 1 aromatic heterocycles. The lowest BCUT2D eigenvalue weighted by atomic mass is 10.1. The van der Waals surface area contributed by atoms with Gasteiger partial charge < -0.3 is 4.74 Å². The van der Waals surface area contributed by atoms with Crippen molar-refractivity contribution < 1.29 is 4.74 Å². The summed E-state index contributed by atoms with van der Waals surface area (Å²) in [5.74, 6) is 1.23. The van der Waals surface area contributed by atoms with E-state index < -0.39 is 0 Å². The Bertz CT molecular complexity index is 764. The third-order valence-corrected chi connectivity index (χ3v) is 4.12. The molecule has 0 N–H and O–H groups in total. The largest absolute Gasteiger partial charge is 0.487 e. The van der Waals surface area contributed by atoms with Gasteiger partial charge in [-0.1, -0.05) is 48.0 Å². The molecule has 4 heteroatoms. The molecule has 0 bridgehead atoms. The molecule has 3 nitrogen and oxygen atoms in total. The summed E-state index contributed by atoms with van der Waals surface area (Å²) in [6.07, 6.45) is 0. The fourth-order valence-corrected chi connectivity index (χ4v) is 2.57. The topological polar surface area (TPSA) is 27.1 Å². The first kappa shape index (κ1) is 15.8. The van der Waals surface area contributed by atoms with Crippen LogP contribution in [0.1, 0.15) is 31.2 Å². The van der Waals surface area contributed by atoms with E-state index in [1.54, 1.807) is 0 Å². The molecule has 0 aliphatic rings. The normalized spacial score (nSPS) is 11.0. The lowest BCUT2D eigenvalue weighted by molar-refractivity contribution is 0.297. The summed E-state index contributed by atoms with van der Waals surface area (Å²) < 4.78 is 8.93. The third kappa shape index (κ3) is 3.82. The highest BCUT2D eigenvalue weighted by Gasteiger charge is 2.12. The number of nitrogens with zero attached hydrogens (tertiary/aromatic N) is 2. The van der Waals surface area contributed by atoms with Crippen molar-refractivity contribution in [3.63, 3.8) is 0 Å². The molecule has 0 amide bonds. The van der Waals surface area contributed by atoms with Gasteiger partial charge in [0.25, 0.3) is 0 Å². The quantitative estimate of drug-likeness (QED) is 0.606. The van der Waals surface area contributed by atoms with Gasteiger partial charge in [0.15, 0.2) is 0 Å². The average Bonchev–Trinajstić information content (AvgIpc) is 3.00. The number of benzene rings is 2. The smallest absolute Gasteiger partial charge is 0.130 e. The van der Waals surface area contributed by atoms with Gasteiger partial charge in [-0.25, -0.2) is 4.68 Å². The van der Waals surface area contributed by atoms with Crippen LogP contribution in [0.4, 0.5) is 0 Å². The van der Waals surface area contributed by atoms with Gasteiger partial charge in [-0.05, 0) is 48.4 Å². The summed E-state index contributed by atoms with van der Waals surface area (Å²) in [5.41, 5.74) is 3.17.